The normalized spacial score (nSPS) is 10.5. The van der Waals surface area contributed by atoms with E-state index in [1.807, 2.05) is 31.4 Å². The van der Waals surface area contributed by atoms with Crippen LogP contribution in [-0.2, 0) is 13.6 Å². The summed E-state index contributed by atoms with van der Waals surface area (Å²) in [6.07, 6.45) is 5.32. The van der Waals surface area contributed by atoms with E-state index in [-0.39, 0.29) is 18.3 Å². The molecular weight excluding hydrogens is 293 g/mol. The van der Waals surface area contributed by atoms with Gasteiger partial charge in [0.05, 0.1) is 0 Å². The molecule has 0 saturated carbocycles. The Balaban J connectivity index is 1.74. The van der Waals surface area contributed by atoms with E-state index in [9.17, 15) is 9.18 Å². The minimum atomic E-state index is -0.310. The summed E-state index contributed by atoms with van der Waals surface area (Å²) in [5.74, 6) is -0.507. The van der Waals surface area contributed by atoms with Crippen molar-refractivity contribution in [1.29, 1.82) is 0 Å². The molecule has 0 aliphatic rings. The molecule has 0 fully saturated rings. The molecule has 4 nitrogen and oxygen atoms in total. The van der Waals surface area contributed by atoms with Crippen LogP contribution in [0.25, 0.3) is 11.1 Å². The van der Waals surface area contributed by atoms with Crippen molar-refractivity contribution in [1.82, 2.24) is 14.9 Å². The van der Waals surface area contributed by atoms with Crippen molar-refractivity contribution < 1.29 is 9.18 Å². The highest BCUT2D eigenvalue weighted by Crippen LogP contribution is 2.21. The van der Waals surface area contributed by atoms with Crippen LogP contribution in [0.4, 0.5) is 4.39 Å². The lowest BCUT2D eigenvalue weighted by Crippen LogP contribution is -2.24. The Morgan fingerprint density at radius 1 is 1.17 bits per heavy atom. The fourth-order valence-electron chi connectivity index (χ4n) is 2.41. The number of aryl methyl sites for hydroxylation is 1. The zero-order valence-electron chi connectivity index (χ0n) is 12.7. The van der Waals surface area contributed by atoms with Crippen LogP contribution in [0, 0.1) is 5.82 Å². The molecule has 0 aliphatic carbocycles. The van der Waals surface area contributed by atoms with Crippen molar-refractivity contribution in [2.45, 2.75) is 6.54 Å². The fraction of sp³-hybridized carbons (Fsp3) is 0.111. The van der Waals surface area contributed by atoms with Crippen LogP contribution < -0.4 is 5.32 Å². The number of hydrogen-bond donors (Lipinski definition) is 1. The second-order valence-electron chi connectivity index (χ2n) is 5.27. The molecule has 0 unspecified atom stereocenters. The number of carbonyl (C=O) groups is 1. The summed E-state index contributed by atoms with van der Waals surface area (Å²) >= 11 is 0. The highest BCUT2D eigenvalue weighted by Gasteiger charge is 2.12. The molecule has 0 radical (unpaired) electrons. The van der Waals surface area contributed by atoms with Crippen LogP contribution in [0.2, 0.25) is 0 Å². The number of rotatable bonds is 4. The summed E-state index contributed by atoms with van der Waals surface area (Å²) in [7, 11) is 1.82. The fourth-order valence-corrected chi connectivity index (χ4v) is 2.41. The largest absolute Gasteiger partial charge is 0.347 e. The number of benzene rings is 1. The maximum atomic E-state index is 13.1. The Morgan fingerprint density at radius 2 is 1.96 bits per heavy atom. The van der Waals surface area contributed by atoms with Gasteiger partial charge in [-0.05, 0) is 41.5 Å². The molecule has 0 aliphatic heterocycles. The minimum Gasteiger partial charge on any atom is -0.347 e. The standard InChI is InChI=1S/C18H16FN3O/c1-22-12-15(14-5-7-20-8-6-14)10-17(22)18(23)21-11-13-3-2-4-16(19)9-13/h2-10,12H,11H2,1H3,(H,21,23). The SMILES string of the molecule is Cn1cc(-c2ccncc2)cc1C(=O)NCc1cccc(F)c1. The van der Waals surface area contributed by atoms with Gasteiger partial charge >= 0.3 is 0 Å². The van der Waals surface area contributed by atoms with E-state index in [0.717, 1.165) is 16.7 Å². The van der Waals surface area contributed by atoms with Gasteiger partial charge in [-0.15, -0.1) is 0 Å². The van der Waals surface area contributed by atoms with Gasteiger partial charge in [0, 0.05) is 37.7 Å². The van der Waals surface area contributed by atoms with E-state index in [0.29, 0.717) is 5.69 Å². The number of hydrogen-bond acceptors (Lipinski definition) is 2. The molecule has 0 spiro atoms. The quantitative estimate of drug-likeness (QED) is 0.805. The van der Waals surface area contributed by atoms with Gasteiger partial charge in [0.15, 0.2) is 0 Å². The average molecular weight is 309 g/mol. The van der Waals surface area contributed by atoms with Crippen LogP contribution in [0.1, 0.15) is 16.1 Å². The minimum absolute atomic E-state index is 0.197. The predicted octanol–water partition coefficient (Wildman–Crippen LogP) is 3.16. The molecule has 23 heavy (non-hydrogen) atoms. The molecule has 3 aromatic rings. The van der Waals surface area contributed by atoms with E-state index in [1.165, 1.54) is 12.1 Å². The molecular formula is C18H16FN3O. The zero-order chi connectivity index (χ0) is 16.2. The maximum absolute atomic E-state index is 13.1. The number of aromatic nitrogens is 2. The number of nitrogens with one attached hydrogen (secondary N) is 1. The van der Waals surface area contributed by atoms with Crippen molar-refractivity contribution >= 4 is 5.91 Å². The molecule has 5 heteroatoms. The van der Waals surface area contributed by atoms with Gasteiger partial charge in [0.25, 0.3) is 5.91 Å². The highest BCUT2D eigenvalue weighted by atomic mass is 19.1. The van der Waals surface area contributed by atoms with Crippen molar-refractivity contribution in [3.05, 3.63) is 78.1 Å². The number of pyridine rings is 1. The topological polar surface area (TPSA) is 46.9 Å². The molecule has 2 heterocycles. The molecule has 3 rings (SSSR count). The third-order valence-electron chi connectivity index (χ3n) is 3.59. The van der Waals surface area contributed by atoms with Crippen LogP contribution in [0.3, 0.4) is 0 Å². The molecule has 1 amide bonds. The second-order valence-corrected chi connectivity index (χ2v) is 5.27. The molecule has 1 N–H and O–H groups in total. The van der Waals surface area contributed by atoms with E-state index in [4.69, 9.17) is 0 Å². The van der Waals surface area contributed by atoms with Gasteiger partial charge in [-0.3, -0.25) is 9.78 Å². The smallest absolute Gasteiger partial charge is 0.268 e. The molecule has 2 aromatic heterocycles. The van der Waals surface area contributed by atoms with Crippen molar-refractivity contribution in [2.75, 3.05) is 0 Å². The third-order valence-corrected chi connectivity index (χ3v) is 3.59. The van der Waals surface area contributed by atoms with Crippen molar-refractivity contribution in [3.8, 4) is 11.1 Å². The van der Waals surface area contributed by atoms with Gasteiger partial charge in [-0.1, -0.05) is 12.1 Å². The van der Waals surface area contributed by atoms with Gasteiger partial charge in [-0.2, -0.15) is 0 Å². The average Bonchev–Trinajstić information content (AvgIpc) is 2.95. The van der Waals surface area contributed by atoms with E-state index >= 15 is 0 Å². The first-order valence-electron chi connectivity index (χ1n) is 7.23. The van der Waals surface area contributed by atoms with Crippen LogP contribution in [-0.4, -0.2) is 15.5 Å². The van der Waals surface area contributed by atoms with Crippen LogP contribution in [0.5, 0.6) is 0 Å². The lowest BCUT2D eigenvalue weighted by Gasteiger charge is -2.06. The second kappa shape index (κ2) is 6.44. The predicted molar refractivity (Wildman–Crippen MR) is 86.2 cm³/mol. The summed E-state index contributed by atoms with van der Waals surface area (Å²) < 4.78 is 14.9. The Morgan fingerprint density at radius 3 is 2.70 bits per heavy atom. The summed E-state index contributed by atoms with van der Waals surface area (Å²) in [5, 5.41) is 2.81. The number of carbonyl (C=O) groups excluding carboxylic acids is 1. The molecule has 0 bridgehead atoms. The first kappa shape index (κ1) is 15.0. The summed E-state index contributed by atoms with van der Waals surface area (Å²) in [4.78, 5) is 16.3. The Labute approximate surface area is 133 Å². The van der Waals surface area contributed by atoms with Crippen molar-refractivity contribution in [2.24, 2.45) is 7.05 Å². The van der Waals surface area contributed by atoms with Crippen molar-refractivity contribution in [3.63, 3.8) is 0 Å². The van der Waals surface area contributed by atoms with Crippen LogP contribution in [0.15, 0.2) is 61.1 Å². The Bertz CT molecular complexity index is 827. The summed E-state index contributed by atoms with van der Waals surface area (Å²) in [6.45, 7) is 0.284. The molecule has 116 valence electrons. The first-order valence-corrected chi connectivity index (χ1v) is 7.23. The third kappa shape index (κ3) is 3.45. The molecule has 1 aromatic carbocycles. The highest BCUT2D eigenvalue weighted by molar-refractivity contribution is 5.94. The van der Waals surface area contributed by atoms with E-state index < -0.39 is 0 Å². The lowest BCUT2D eigenvalue weighted by atomic mass is 10.1. The first-order chi connectivity index (χ1) is 11.1. The molecule has 0 saturated heterocycles. The number of halogens is 1. The number of amides is 1. The van der Waals surface area contributed by atoms with Gasteiger partial charge < -0.3 is 9.88 Å². The summed E-state index contributed by atoms with van der Waals surface area (Å²) in [5.41, 5.74) is 3.22. The van der Waals surface area contributed by atoms with E-state index in [1.54, 1.807) is 29.1 Å². The maximum Gasteiger partial charge on any atom is 0.268 e. The van der Waals surface area contributed by atoms with E-state index in [2.05, 4.69) is 10.3 Å². The van der Waals surface area contributed by atoms with Gasteiger partial charge in [-0.25, -0.2) is 4.39 Å². The lowest BCUT2D eigenvalue weighted by molar-refractivity contribution is 0.0942. The Kier molecular flexibility index (Phi) is 4.19. The number of nitrogens with zero attached hydrogens (tertiary/aromatic N) is 2. The van der Waals surface area contributed by atoms with Gasteiger partial charge in [0.2, 0.25) is 0 Å². The van der Waals surface area contributed by atoms with Crippen LogP contribution >= 0.6 is 0 Å². The Hall–Kier alpha value is -2.95. The zero-order valence-corrected chi connectivity index (χ0v) is 12.7. The van der Waals surface area contributed by atoms with Gasteiger partial charge in [0.1, 0.15) is 11.5 Å². The summed E-state index contributed by atoms with van der Waals surface area (Å²) in [6, 6.07) is 11.8. The monoisotopic (exact) mass is 309 g/mol. The molecule has 0 atom stereocenters.